The molecule has 132 valence electrons. The van der Waals surface area contributed by atoms with Crippen molar-refractivity contribution in [2.45, 2.75) is 26.4 Å². The van der Waals surface area contributed by atoms with Crippen molar-refractivity contribution in [2.24, 2.45) is 7.05 Å². The maximum absolute atomic E-state index is 5.49. The fourth-order valence-electron chi connectivity index (χ4n) is 3.00. The second-order valence-electron chi connectivity index (χ2n) is 6.12. The van der Waals surface area contributed by atoms with Crippen LogP contribution in [0.25, 0.3) is 0 Å². The van der Waals surface area contributed by atoms with Gasteiger partial charge in [-0.15, -0.1) is 0 Å². The van der Waals surface area contributed by atoms with Crippen molar-refractivity contribution in [3.8, 4) is 11.5 Å². The van der Waals surface area contributed by atoms with Gasteiger partial charge in [-0.05, 0) is 32.0 Å². The molecule has 0 fully saturated rings. The fourth-order valence-corrected chi connectivity index (χ4v) is 3.00. The van der Waals surface area contributed by atoms with Crippen molar-refractivity contribution < 1.29 is 9.47 Å². The number of anilines is 1. The molecule has 1 N–H and O–H groups in total. The minimum atomic E-state index is 0.115. The van der Waals surface area contributed by atoms with Crippen LogP contribution in [0, 0.1) is 6.92 Å². The van der Waals surface area contributed by atoms with Crippen molar-refractivity contribution in [2.75, 3.05) is 33.2 Å². The Kier molecular flexibility index (Phi) is 5.72. The van der Waals surface area contributed by atoms with E-state index in [1.54, 1.807) is 14.2 Å². The van der Waals surface area contributed by atoms with E-state index >= 15 is 0 Å². The predicted octanol–water partition coefficient (Wildman–Crippen LogP) is 2.66. The van der Waals surface area contributed by atoms with E-state index in [2.05, 4.69) is 22.2 Å². The minimum absolute atomic E-state index is 0.115. The summed E-state index contributed by atoms with van der Waals surface area (Å²) in [5.74, 6) is 2.79. The zero-order chi connectivity index (χ0) is 17.9. The molecule has 0 amide bonds. The molecular weight excluding hydrogens is 304 g/mol. The third-order valence-corrected chi connectivity index (χ3v) is 4.23. The van der Waals surface area contributed by atoms with Crippen molar-refractivity contribution in [3.05, 3.63) is 35.0 Å². The molecule has 1 aromatic heterocycles. The number of benzene rings is 1. The maximum Gasteiger partial charge on any atom is 0.130 e. The summed E-state index contributed by atoms with van der Waals surface area (Å²) in [4.78, 5) is 2.09. The normalized spacial score (nSPS) is 12.1. The molecule has 0 aliphatic rings. The van der Waals surface area contributed by atoms with Crippen molar-refractivity contribution in [3.63, 3.8) is 0 Å². The van der Waals surface area contributed by atoms with Crippen LogP contribution in [0.1, 0.15) is 29.8 Å². The van der Waals surface area contributed by atoms with Crippen LogP contribution in [0.4, 0.5) is 5.82 Å². The van der Waals surface area contributed by atoms with Crippen LogP contribution in [0.2, 0.25) is 0 Å². The van der Waals surface area contributed by atoms with Crippen LogP contribution in [-0.4, -0.2) is 38.1 Å². The van der Waals surface area contributed by atoms with E-state index in [1.807, 2.05) is 50.9 Å². The van der Waals surface area contributed by atoms with E-state index in [0.29, 0.717) is 0 Å². The quantitative estimate of drug-likeness (QED) is 0.845. The average molecular weight is 332 g/mol. The molecule has 6 nitrogen and oxygen atoms in total. The highest BCUT2D eigenvalue weighted by Crippen LogP contribution is 2.30. The minimum Gasteiger partial charge on any atom is -0.497 e. The number of aryl methyl sites for hydroxylation is 2. The van der Waals surface area contributed by atoms with Gasteiger partial charge in [0.25, 0.3) is 0 Å². The smallest absolute Gasteiger partial charge is 0.130 e. The second-order valence-corrected chi connectivity index (χ2v) is 6.12. The summed E-state index contributed by atoms with van der Waals surface area (Å²) in [6.07, 6.45) is 0. The van der Waals surface area contributed by atoms with Gasteiger partial charge in [-0.1, -0.05) is 0 Å². The Morgan fingerprint density at radius 1 is 1.25 bits per heavy atom. The van der Waals surface area contributed by atoms with Crippen LogP contribution in [0.15, 0.2) is 18.2 Å². The molecule has 0 aliphatic heterocycles. The van der Waals surface area contributed by atoms with Crippen LogP contribution >= 0.6 is 0 Å². The lowest BCUT2D eigenvalue weighted by Crippen LogP contribution is -2.21. The molecule has 0 bridgehead atoms. The van der Waals surface area contributed by atoms with E-state index in [0.717, 1.165) is 35.1 Å². The molecule has 24 heavy (non-hydrogen) atoms. The van der Waals surface area contributed by atoms with Gasteiger partial charge in [0.2, 0.25) is 0 Å². The highest BCUT2D eigenvalue weighted by molar-refractivity contribution is 5.49. The number of hydrogen-bond donors (Lipinski definition) is 1. The Morgan fingerprint density at radius 2 is 1.96 bits per heavy atom. The van der Waals surface area contributed by atoms with E-state index in [4.69, 9.17) is 9.47 Å². The summed E-state index contributed by atoms with van der Waals surface area (Å²) in [5.41, 5.74) is 3.32. The highest BCUT2D eigenvalue weighted by atomic mass is 16.5. The average Bonchev–Trinajstić information content (AvgIpc) is 2.85. The molecule has 6 heteroatoms. The van der Waals surface area contributed by atoms with E-state index < -0.39 is 0 Å². The molecule has 0 aliphatic carbocycles. The van der Waals surface area contributed by atoms with Crippen LogP contribution in [-0.2, 0) is 13.6 Å². The first-order valence-corrected chi connectivity index (χ1v) is 8.04. The summed E-state index contributed by atoms with van der Waals surface area (Å²) in [6, 6.07) is 5.97. The van der Waals surface area contributed by atoms with Gasteiger partial charge in [-0.2, -0.15) is 5.10 Å². The lowest BCUT2D eigenvalue weighted by atomic mass is 10.1. The van der Waals surface area contributed by atoms with Gasteiger partial charge in [-0.3, -0.25) is 4.68 Å². The molecule has 0 saturated carbocycles. The Balaban J connectivity index is 2.21. The number of rotatable bonds is 7. The lowest BCUT2D eigenvalue weighted by molar-refractivity contribution is 0.391. The Labute approximate surface area is 144 Å². The first-order valence-electron chi connectivity index (χ1n) is 8.04. The fraction of sp³-hybridized carbons (Fsp3) is 0.500. The first-order chi connectivity index (χ1) is 11.4. The Bertz CT molecular complexity index is 695. The molecule has 2 aromatic rings. The molecule has 0 saturated heterocycles. The van der Waals surface area contributed by atoms with E-state index in [9.17, 15) is 0 Å². The number of methoxy groups -OCH3 is 2. The summed E-state index contributed by atoms with van der Waals surface area (Å²) in [7, 11) is 9.41. The molecule has 0 unspecified atom stereocenters. The summed E-state index contributed by atoms with van der Waals surface area (Å²) >= 11 is 0. The summed E-state index contributed by atoms with van der Waals surface area (Å²) < 4.78 is 12.7. The second kappa shape index (κ2) is 7.57. The number of nitrogens with zero attached hydrogens (tertiary/aromatic N) is 3. The zero-order valence-corrected chi connectivity index (χ0v) is 15.7. The van der Waals surface area contributed by atoms with Gasteiger partial charge >= 0.3 is 0 Å². The zero-order valence-electron chi connectivity index (χ0n) is 15.7. The molecular formula is C18H28N4O2. The van der Waals surface area contributed by atoms with Crippen molar-refractivity contribution in [1.29, 1.82) is 0 Å². The predicted molar refractivity (Wildman–Crippen MR) is 97.1 cm³/mol. The number of aromatic nitrogens is 2. The Morgan fingerprint density at radius 3 is 2.54 bits per heavy atom. The standard InChI is InChI=1S/C18H28N4O2/c1-12(15-10-14(23-6)8-9-17(15)24-7)19-11-16-13(2)20-22(5)18(16)21(3)4/h8-10,12,19H,11H2,1-7H3/t12-/m0/s1. The van der Waals surface area contributed by atoms with Gasteiger partial charge < -0.3 is 19.7 Å². The van der Waals surface area contributed by atoms with Crippen LogP contribution < -0.4 is 19.7 Å². The van der Waals surface area contributed by atoms with Gasteiger partial charge in [0.15, 0.2) is 0 Å². The number of hydrogen-bond acceptors (Lipinski definition) is 5. The number of nitrogens with one attached hydrogen (secondary N) is 1. The maximum atomic E-state index is 5.49. The Hall–Kier alpha value is -2.21. The van der Waals surface area contributed by atoms with Crippen molar-refractivity contribution in [1.82, 2.24) is 15.1 Å². The molecule has 1 aromatic carbocycles. The summed E-state index contributed by atoms with van der Waals surface area (Å²) in [6.45, 7) is 4.90. The SMILES string of the molecule is COc1ccc(OC)c([C@H](C)NCc2c(C)nn(C)c2N(C)C)c1. The van der Waals surface area contributed by atoms with Crippen LogP contribution in [0.5, 0.6) is 11.5 Å². The molecule has 1 heterocycles. The van der Waals surface area contributed by atoms with Gasteiger partial charge in [0.05, 0.1) is 19.9 Å². The largest absolute Gasteiger partial charge is 0.497 e. The van der Waals surface area contributed by atoms with E-state index in [-0.39, 0.29) is 6.04 Å². The van der Waals surface area contributed by atoms with Gasteiger partial charge in [0.1, 0.15) is 17.3 Å². The van der Waals surface area contributed by atoms with Crippen molar-refractivity contribution >= 4 is 5.82 Å². The third-order valence-electron chi connectivity index (χ3n) is 4.23. The van der Waals surface area contributed by atoms with E-state index in [1.165, 1.54) is 5.56 Å². The molecule has 0 radical (unpaired) electrons. The first kappa shape index (κ1) is 18.1. The third kappa shape index (κ3) is 3.64. The highest BCUT2D eigenvalue weighted by Gasteiger charge is 2.17. The molecule has 1 atom stereocenters. The molecule has 0 spiro atoms. The lowest BCUT2D eigenvalue weighted by Gasteiger charge is -2.20. The molecule has 2 rings (SSSR count). The van der Waals surface area contributed by atoms with Gasteiger partial charge in [0, 0.05) is 44.9 Å². The van der Waals surface area contributed by atoms with Crippen LogP contribution in [0.3, 0.4) is 0 Å². The summed E-state index contributed by atoms with van der Waals surface area (Å²) in [5, 5.41) is 8.11. The monoisotopic (exact) mass is 332 g/mol. The topological polar surface area (TPSA) is 51.6 Å². The van der Waals surface area contributed by atoms with Gasteiger partial charge in [-0.25, -0.2) is 0 Å². The number of ether oxygens (including phenoxy) is 2.